The van der Waals surface area contributed by atoms with E-state index < -0.39 is 0 Å². The lowest BCUT2D eigenvalue weighted by molar-refractivity contribution is 0.375. The summed E-state index contributed by atoms with van der Waals surface area (Å²) >= 11 is 0. The Morgan fingerprint density at radius 3 is 2.76 bits per heavy atom. The third-order valence-corrected chi connectivity index (χ3v) is 2.48. The number of benzene rings is 1. The van der Waals surface area contributed by atoms with Crippen LogP contribution in [-0.2, 0) is 12.8 Å². The molecule has 1 heterocycles. The Balaban J connectivity index is 0.00000144. The number of aryl methyl sites for hydroxylation is 1. The first-order valence-electron chi connectivity index (χ1n) is 5.35. The van der Waals surface area contributed by atoms with Crippen LogP contribution < -0.4 is 5.73 Å². The molecule has 92 valence electrons. The van der Waals surface area contributed by atoms with E-state index in [9.17, 15) is 0 Å². The zero-order valence-corrected chi connectivity index (χ0v) is 10.5. The predicted octanol–water partition coefficient (Wildman–Crippen LogP) is 1.89. The summed E-state index contributed by atoms with van der Waals surface area (Å²) in [5, 5.41) is 3.93. The van der Waals surface area contributed by atoms with Gasteiger partial charge in [-0.1, -0.05) is 29.4 Å². The quantitative estimate of drug-likeness (QED) is 0.904. The lowest BCUT2D eigenvalue weighted by Crippen LogP contribution is -2.03. The average Bonchev–Trinajstić information content (AvgIpc) is 2.70. The van der Waals surface area contributed by atoms with Crippen molar-refractivity contribution >= 4 is 12.4 Å². The maximum atomic E-state index is 5.42. The molecule has 0 saturated heterocycles. The number of halogens is 1. The van der Waals surface area contributed by atoms with Crippen molar-refractivity contribution < 1.29 is 4.52 Å². The molecule has 17 heavy (non-hydrogen) atoms. The molecule has 4 nitrogen and oxygen atoms in total. The van der Waals surface area contributed by atoms with Crippen molar-refractivity contribution in [1.29, 1.82) is 0 Å². The van der Waals surface area contributed by atoms with Crippen LogP contribution in [0.3, 0.4) is 0 Å². The van der Waals surface area contributed by atoms with Gasteiger partial charge >= 0.3 is 0 Å². The van der Waals surface area contributed by atoms with Gasteiger partial charge in [-0.2, -0.15) is 4.98 Å². The number of rotatable bonds is 4. The predicted molar refractivity (Wildman–Crippen MR) is 68.3 cm³/mol. The third-order valence-electron chi connectivity index (χ3n) is 2.48. The summed E-state index contributed by atoms with van der Waals surface area (Å²) < 4.78 is 5.08. The maximum Gasteiger partial charge on any atom is 0.227 e. The molecule has 0 fully saturated rings. The molecule has 0 atom stereocenters. The Hall–Kier alpha value is -1.39. The molecule has 0 aliphatic rings. The van der Waals surface area contributed by atoms with Crippen molar-refractivity contribution in [3.63, 3.8) is 0 Å². The SMILES string of the molecule is Cc1ccccc1Cc1noc(CCN)n1.Cl. The third kappa shape index (κ3) is 3.54. The minimum atomic E-state index is 0. The maximum absolute atomic E-state index is 5.42. The van der Waals surface area contributed by atoms with Crippen molar-refractivity contribution in [3.8, 4) is 0 Å². The monoisotopic (exact) mass is 253 g/mol. The topological polar surface area (TPSA) is 64.9 Å². The molecular formula is C12H16ClN3O. The second-order valence-corrected chi connectivity index (χ2v) is 3.75. The van der Waals surface area contributed by atoms with Gasteiger partial charge < -0.3 is 10.3 Å². The number of aromatic nitrogens is 2. The smallest absolute Gasteiger partial charge is 0.227 e. The number of nitrogens with zero attached hydrogens (tertiary/aromatic N) is 2. The fraction of sp³-hybridized carbons (Fsp3) is 0.333. The van der Waals surface area contributed by atoms with E-state index in [0.717, 1.165) is 5.82 Å². The molecular weight excluding hydrogens is 238 g/mol. The summed E-state index contributed by atoms with van der Waals surface area (Å²) in [6.07, 6.45) is 1.35. The Kier molecular flexibility index (Phi) is 5.12. The highest BCUT2D eigenvalue weighted by atomic mass is 35.5. The van der Waals surface area contributed by atoms with Gasteiger partial charge in [-0.3, -0.25) is 0 Å². The van der Waals surface area contributed by atoms with Crippen molar-refractivity contribution in [2.75, 3.05) is 6.54 Å². The fourth-order valence-corrected chi connectivity index (χ4v) is 1.57. The highest BCUT2D eigenvalue weighted by molar-refractivity contribution is 5.85. The summed E-state index contributed by atoms with van der Waals surface area (Å²) in [5.74, 6) is 1.34. The second kappa shape index (κ2) is 6.37. The van der Waals surface area contributed by atoms with E-state index in [4.69, 9.17) is 10.3 Å². The van der Waals surface area contributed by atoms with Gasteiger partial charge in [0, 0.05) is 19.4 Å². The van der Waals surface area contributed by atoms with Crippen LogP contribution in [0.5, 0.6) is 0 Å². The number of hydrogen-bond acceptors (Lipinski definition) is 4. The summed E-state index contributed by atoms with van der Waals surface area (Å²) in [6.45, 7) is 2.61. The van der Waals surface area contributed by atoms with Crippen LogP contribution in [-0.4, -0.2) is 16.7 Å². The largest absolute Gasteiger partial charge is 0.339 e. The molecule has 0 radical (unpaired) electrons. The first-order valence-corrected chi connectivity index (χ1v) is 5.35. The molecule has 1 aromatic carbocycles. The van der Waals surface area contributed by atoms with Gasteiger partial charge in [0.2, 0.25) is 5.89 Å². The van der Waals surface area contributed by atoms with Crippen LogP contribution in [0, 0.1) is 6.92 Å². The van der Waals surface area contributed by atoms with E-state index >= 15 is 0 Å². The van der Waals surface area contributed by atoms with Gasteiger partial charge in [-0.15, -0.1) is 12.4 Å². The van der Waals surface area contributed by atoms with Crippen LogP contribution in [0.1, 0.15) is 22.8 Å². The van der Waals surface area contributed by atoms with E-state index in [1.54, 1.807) is 0 Å². The summed E-state index contributed by atoms with van der Waals surface area (Å²) in [5.41, 5.74) is 7.89. The van der Waals surface area contributed by atoms with Crippen LogP contribution in [0.4, 0.5) is 0 Å². The van der Waals surface area contributed by atoms with Gasteiger partial charge in [-0.25, -0.2) is 0 Å². The average molecular weight is 254 g/mol. The highest BCUT2D eigenvalue weighted by Crippen LogP contribution is 2.11. The molecule has 2 N–H and O–H groups in total. The minimum Gasteiger partial charge on any atom is -0.339 e. The summed E-state index contributed by atoms with van der Waals surface area (Å²) in [4.78, 5) is 4.28. The normalized spacial score (nSPS) is 10.0. The van der Waals surface area contributed by atoms with Crippen molar-refractivity contribution in [2.24, 2.45) is 5.73 Å². The molecule has 0 unspecified atom stereocenters. The van der Waals surface area contributed by atoms with E-state index in [1.165, 1.54) is 11.1 Å². The molecule has 0 amide bonds. The number of nitrogens with two attached hydrogens (primary N) is 1. The second-order valence-electron chi connectivity index (χ2n) is 3.75. The Morgan fingerprint density at radius 1 is 1.29 bits per heavy atom. The highest BCUT2D eigenvalue weighted by Gasteiger charge is 2.07. The first-order chi connectivity index (χ1) is 7.79. The minimum absolute atomic E-state index is 0. The lowest BCUT2D eigenvalue weighted by atomic mass is 10.1. The van der Waals surface area contributed by atoms with Gasteiger partial charge in [0.05, 0.1) is 0 Å². The zero-order chi connectivity index (χ0) is 11.4. The van der Waals surface area contributed by atoms with E-state index in [0.29, 0.717) is 25.3 Å². The number of hydrogen-bond donors (Lipinski definition) is 1. The first kappa shape index (κ1) is 13.7. The van der Waals surface area contributed by atoms with Crippen LogP contribution >= 0.6 is 12.4 Å². The molecule has 0 spiro atoms. The van der Waals surface area contributed by atoms with Crippen molar-refractivity contribution in [1.82, 2.24) is 10.1 Å². The van der Waals surface area contributed by atoms with E-state index in [-0.39, 0.29) is 12.4 Å². The Bertz CT molecular complexity index is 470. The van der Waals surface area contributed by atoms with E-state index in [1.807, 2.05) is 12.1 Å². The molecule has 5 heteroatoms. The summed E-state index contributed by atoms with van der Waals surface area (Å²) in [6, 6.07) is 8.20. The van der Waals surface area contributed by atoms with Crippen LogP contribution in [0.15, 0.2) is 28.8 Å². The molecule has 0 aliphatic heterocycles. The van der Waals surface area contributed by atoms with Gasteiger partial charge in [-0.05, 0) is 18.1 Å². The Morgan fingerprint density at radius 2 is 2.06 bits per heavy atom. The molecule has 0 bridgehead atoms. The lowest BCUT2D eigenvalue weighted by Gasteiger charge is -2.00. The van der Waals surface area contributed by atoms with Gasteiger partial charge in [0.1, 0.15) is 0 Å². The van der Waals surface area contributed by atoms with E-state index in [2.05, 4.69) is 29.2 Å². The zero-order valence-electron chi connectivity index (χ0n) is 9.72. The van der Waals surface area contributed by atoms with Gasteiger partial charge in [0.25, 0.3) is 0 Å². The molecule has 2 rings (SSSR count). The van der Waals surface area contributed by atoms with Crippen molar-refractivity contribution in [2.45, 2.75) is 19.8 Å². The summed E-state index contributed by atoms with van der Waals surface area (Å²) in [7, 11) is 0. The Labute approximate surface area is 107 Å². The standard InChI is InChI=1S/C12H15N3O.ClH/c1-9-4-2-3-5-10(9)8-11-14-12(6-7-13)16-15-11;/h2-5H,6-8,13H2,1H3;1H. The van der Waals surface area contributed by atoms with Crippen LogP contribution in [0.2, 0.25) is 0 Å². The van der Waals surface area contributed by atoms with Gasteiger partial charge in [0.15, 0.2) is 5.82 Å². The fourth-order valence-electron chi connectivity index (χ4n) is 1.57. The molecule has 1 aromatic heterocycles. The van der Waals surface area contributed by atoms with Crippen molar-refractivity contribution in [3.05, 3.63) is 47.1 Å². The molecule has 0 saturated carbocycles. The molecule has 2 aromatic rings. The van der Waals surface area contributed by atoms with Crippen LogP contribution in [0.25, 0.3) is 0 Å². The molecule has 0 aliphatic carbocycles.